The van der Waals surface area contributed by atoms with Gasteiger partial charge in [0.15, 0.2) is 5.13 Å². The van der Waals surface area contributed by atoms with Gasteiger partial charge in [-0.1, -0.05) is 11.3 Å². The molecule has 1 fully saturated rings. The summed E-state index contributed by atoms with van der Waals surface area (Å²) in [4.78, 5) is 23.5. The molecule has 0 aliphatic carbocycles. The molecule has 4 heterocycles. The van der Waals surface area contributed by atoms with Gasteiger partial charge in [0, 0.05) is 37.5 Å². The summed E-state index contributed by atoms with van der Waals surface area (Å²) in [5.41, 5.74) is 2.30. The highest BCUT2D eigenvalue weighted by Gasteiger charge is 2.22. The molecule has 0 amide bonds. The molecule has 6 nitrogen and oxygen atoms in total. The molecule has 30 heavy (non-hydrogen) atoms. The Bertz CT molecular complexity index is 1200. The van der Waals surface area contributed by atoms with Crippen LogP contribution in [0.3, 0.4) is 0 Å². The van der Waals surface area contributed by atoms with E-state index in [0.29, 0.717) is 18.2 Å². The van der Waals surface area contributed by atoms with Crippen molar-refractivity contribution in [3.63, 3.8) is 0 Å². The first-order valence-corrected chi connectivity index (χ1v) is 10.8. The van der Waals surface area contributed by atoms with E-state index in [4.69, 9.17) is 4.98 Å². The first-order chi connectivity index (χ1) is 14.7. The predicted octanol–water partition coefficient (Wildman–Crippen LogP) is 3.97. The van der Waals surface area contributed by atoms with Gasteiger partial charge >= 0.3 is 0 Å². The molecule has 4 aromatic rings. The lowest BCUT2D eigenvalue weighted by Gasteiger charge is -2.31. The van der Waals surface area contributed by atoms with Crippen LogP contribution < -0.4 is 10.5 Å². The topological polar surface area (TPSA) is 63.9 Å². The molecule has 1 saturated heterocycles. The van der Waals surface area contributed by atoms with Gasteiger partial charge in [-0.05, 0) is 55.2 Å². The van der Waals surface area contributed by atoms with Gasteiger partial charge < -0.3 is 4.90 Å². The number of thiazole rings is 1. The molecule has 0 radical (unpaired) electrons. The molecular formula is C22H20FN5OS. The number of piperidine rings is 1. The van der Waals surface area contributed by atoms with E-state index in [2.05, 4.69) is 15.0 Å². The van der Waals surface area contributed by atoms with Gasteiger partial charge in [-0.15, -0.1) is 0 Å². The Morgan fingerprint density at radius 2 is 1.87 bits per heavy atom. The fraction of sp³-hybridized carbons (Fsp3) is 0.273. The van der Waals surface area contributed by atoms with Crippen LogP contribution in [0.1, 0.15) is 12.8 Å². The number of benzene rings is 1. The van der Waals surface area contributed by atoms with Crippen LogP contribution >= 0.6 is 11.3 Å². The zero-order valence-corrected chi connectivity index (χ0v) is 17.1. The molecule has 0 unspecified atom stereocenters. The molecule has 8 heteroatoms. The molecule has 152 valence electrons. The predicted molar refractivity (Wildman–Crippen MR) is 116 cm³/mol. The summed E-state index contributed by atoms with van der Waals surface area (Å²) in [6, 6.07) is 11.4. The monoisotopic (exact) mass is 421 g/mol. The van der Waals surface area contributed by atoms with E-state index in [1.54, 1.807) is 46.6 Å². The normalized spacial score (nSPS) is 15.0. The summed E-state index contributed by atoms with van der Waals surface area (Å²) in [6.07, 6.45) is 5.54. The summed E-state index contributed by atoms with van der Waals surface area (Å²) < 4.78 is 15.9. The van der Waals surface area contributed by atoms with Gasteiger partial charge in [-0.3, -0.25) is 9.78 Å². The molecule has 1 aromatic carbocycles. The van der Waals surface area contributed by atoms with Crippen LogP contribution in [0.5, 0.6) is 0 Å². The van der Waals surface area contributed by atoms with E-state index in [9.17, 15) is 9.18 Å². The fourth-order valence-corrected chi connectivity index (χ4v) is 4.79. The zero-order valence-electron chi connectivity index (χ0n) is 16.2. The summed E-state index contributed by atoms with van der Waals surface area (Å²) in [7, 11) is 0. The van der Waals surface area contributed by atoms with Crippen molar-refractivity contribution in [3.8, 4) is 11.3 Å². The second-order valence-electron chi connectivity index (χ2n) is 7.52. The number of fused-ring (bicyclic) bond motifs is 1. The number of anilines is 1. The summed E-state index contributed by atoms with van der Waals surface area (Å²) in [5.74, 6) is 0.0918. The van der Waals surface area contributed by atoms with Gasteiger partial charge in [-0.2, -0.15) is 5.10 Å². The molecule has 1 aliphatic heterocycles. The van der Waals surface area contributed by atoms with Crippen LogP contribution in [0, 0.1) is 11.7 Å². The maximum absolute atomic E-state index is 13.2. The maximum atomic E-state index is 13.2. The Morgan fingerprint density at radius 3 is 2.63 bits per heavy atom. The molecule has 0 saturated carbocycles. The third-order valence-electron chi connectivity index (χ3n) is 5.50. The van der Waals surface area contributed by atoms with Crippen molar-refractivity contribution < 1.29 is 4.39 Å². The van der Waals surface area contributed by atoms with E-state index < -0.39 is 0 Å². The quantitative estimate of drug-likeness (QED) is 0.499. The van der Waals surface area contributed by atoms with E-state index in [-0.39, 0.29) is 11.4 Å². The average Bonchev–Trinajstić information content (AvgIpc) is 3.21. The van der Waals surface area contributed by atoms with Crippen LogP contribution in [-0.4, -0.2) is 32.8 Å². The smallest absolute Gasteiger partial charge is 0.266 e. The Balaban J connectivity index is 1.27. The number of hydrogen-bond donors (Lipinski definition) is 0. The molecule has 3 aromatic heterocycles. The van der Waals surface area contributed by atoms with E-state index in [1.807, 2.05) is 6.07 Å². The number of halogens is 1. The lowest BCUT2D eigenvalue weighted by molar-refractivity contribution is 0.336. The number of pyridine rings is 1. The lowest BCUT2D eigenvalue weighted by Crippen LogP contribution is -2.36. The molecule has 5 rings (SSSR count). The number of hydrogen-bond acceptors (Lipinski definition) is 6. The highest BCUT2D eigenvalue weighted by Crippen LogP contribution is 2.31. The van der Waals surface area contributed by atoms with Crippen molar-refractivity contribution in [1.82, 2.24) is 19.7 Å². The van der Waals surface area contributed by atoms with Gasteiger partial charge in [0.2, 0.25) is 0 Å². The van der Waals surface area contributed by atoms with E-state index >= 15 is 0 Å². The average molecular weight is 422 g/mol. The van der Waals surface area contributed by atoms with Crippen molar-refractivity contribution in [3.05, 3.63) is 71.0 Å². The minimum absolute atomic E-state index is 0.109. The highest BCUT2D eigenvalue weighted by atomic mass is 32.1. The van der Waals surface area contributed by atoms with Crippen LogP contribution in [0.25, 0.3) is 21.5 Å². The van der Waals surface area contributed by atoms with Gasteiger partial charge in [0.25, 0.3) is 5.56 Å². The number of nitrogens with zero attached hydrogens (tertiary/aromatic N) is 5. The Kier molecular flexibility index (Phi) is 5.00. The van der Waals surface area contributed by atoms with Crippen LogP contribution in [0.15, 0.2) is 59.7 Å². The van der Waals surface area contributed by atoms with Crippen molar-refractivity contribution in [2.75, 3.05) is 18.0 Å². The number of rotatable bonds is 4. The first kappa shape index (κ1) is 18.9. The van der Waals surface area contributed by atoms with E-state index in [0.717, 1.165) is 46.8 Å². The minimum atomic E-state index is -0.289. The highest BCUT2D eigenvalue weighted by molar-refractivity contribution is 7.22. The third kappa shape index (κ3) is 3.82. The number of aromatic nitrogens is 4. The standard InChI is InChI=1S/C22H20FN5OS/c23-17-3-1-16(2-4-17)18-5-6-21(29)28(26-18)14-15-8-11-27(12-9-15)22-25-19-13-24-10-7-20(19)30-22/h1-7,10,13,15H,8-9,11-12,14H2. The Hall–Kier alpha value is -3.13. The maximum Gasteiger partial charge on any atom is 0.266 e. The third-order valence-corrected chi connectivity index (χ3v) is 6.60. The second kappa shape index (κ2) is 7.95. The largest absolute Gasteiger partial charge is 0.348 e. The van der Waals surface area contributed by atoms with Crippen LogP contribution in [-0.2, 0) is 6.54 Å². The van der Waals surface area contributed by atoms with Crippen molar-refractivity contribution >= 4 is 26.7 Å². The Morgan fingerprint density at radius 1 is 1.07 bits per heavy atom. The molecular weight excluding hydrogens is 401 g/mol. The van der Waals surface area contributed by atoms with Gasteiger partial charge in [0.1, 0.15) is 11.3 Å². The first-order valence-electron chi connectivity index (χ1n) is 9.95. The fourth-order valence-electron chi connectivity index (χ4n) is 3.81. The van der Waals surface area contributed by atoms with Crippen LogP contribution in [0.4, 0.5) is 9.52 Å². The lowest BCUT2D eigenvalue weighted by atomic mass is 9.97. The van der Waals surface area contributed by atoms with Crippen molar-refractivity contribution in [2.45, 2.75) is 19.4 Å². The summed E-state index contributed by atoms with van der Waals surface area (Å²) in [6.45, 7) is 2.40. The SMILES string of the molecule is O=c1ccc(-c2ccc(F)cc2)nn1CC1CCN(c2nc3cnccc3s2)CC1. The second-order valence-corrected chi connectivity index (χ2v) is 8.53. The summed E-state index contributed by atoms with van der Waals surface area (Å²) in [5, 5.41) is 5.56. The molecule has 0 atom stereocenters. The molecule has 0 bridgehead atoms. The molecule has 1 aliphatic rings. The van der Waals surface area contributed by atoms with Crippen LogP contribution in [0.2, 0.25) is 0 Å². The molecule has 0 N–H and O–H groups in total. The summed E-state index contributed by atoms with van der Waals surface area (Å²) >= 11 is 1.69. The zero-order chi connectivity index (χ0) is 20.5. The van der Waals surface area contributed by atoms with Crippen molar-refractivity contribution in [1.29, 1.82) is 0 Å². The van der Waals surface area contributed by atoms with Crippen molar-refractivity contribution in [2.24, 2.45) is 5.92 Å². The minimum Gasteiger partial charge on any atom is -0.348 e. The van der Waals surface area contributed by atoms with Gasteiger partial charge in [0.05, 0.1) is 16.6 Å². The van der Waals surface area contributed by atoms with Gasteiger partial charge in [-0.25, -0.2) is 14.1 Å². The molecule has 0 spiro atoms. The Labute approximate surface area is 176 Å². The van der Waals surface area contributed by atoms with E-state index in [1.165, 1.54) is 18.2 Å².